The molecule has 1 aliphatic rings. The zero-order chi connectivity index (χ0) is 6.69. The molecule has 50 valence electrons. The summed E-state index contributed by atoms with van der Waals surface area (Å²) in [4.78, 5) is 4.10. The molecule has 1 aliphatic heterocycles. The summed E-state index contributed by atoms with van der Waals surface area (Å²) >= 11 is 0. The Bertz CT molecular complexity index is 151. The third kappa shape index (κ3) is 1.54. The van der Waals surface area contributed by atoms with Crippen LogP contribution in [0.5, 0.6) is 0 Å². The van der Waals surface area contributed by atoms with Crippen LogP contribution < -0.4 is 5.32 Å². The quantitative estimate of drug-likeness (QED) is 0.555. The molecule has 0 bridgehead atoms. The van der Waals surface area contributed by atoms with Crippen LogP contribution in [0.15, 0.2) is 17.3 Å². The summed E-state index contributed by atoms with van der Waals surface area (Å²) in [5.74, 6) is 0. The fourth-order valence-electron chi connectivity index (χ4n) is 0.637. The second kappa shape index (κ2) is 2.64. The van der Waals surface area contributed by atoms with Crippen LogP contribution in [0.3, 0.4) is 0 Å². The van der Waals surface area contributed by atoms with E-state index in [9.17, 15) is 0 Å². The number of aliphatic imine (C=N–C) groups is 1. The van der Waals surface area contributed by atoms with Crippen molar-refractivity contribution in [3.63, 3.8) is 0 Å². The summed E-state index contributed by atoms with van der Waals surface area (Å²) in [7, 11) is 1.62. The van der Waals surface area contributed by atoms with Crippen molar-refractivity contribution >= 4 is 5.71 Å². The highest BCUT2D eigenvalue weighted by Gasteiger charge is 2.02. The van der Waals surface area contributed by atoms with E-state index >= 15 is 0 Å². The van der Waals surface area contributed by atoms with Crippen LogP contribution >= 0.6 is 0 Å². The lowest BCUT2D eigenvalue weighted by molar-refractivity contribution is 0.0926. The minimum Gasteiger partial charge on any atom is -0.348 e. The van der Waals surface area contributed by atoms with Gasteiger partial charge in [0, 0.05) is 19.0 Å². The van der Waals surface area contributed by atoms with Crippen LogP contribution in [0.25, 0.3) is 0 Å². The minimum atomic E-state index is -0.185. The third-order valence-electron chi connectivity index (χ3n) is 1.11. The Morgan fingerprint density at radius 1 is 1.78 bits per heavy atom. The Balaban J connectivity index is 2.55. The minimum absolute atomic E-state index is 0.185. The predicted molar refractivity (Wildman–Crippen MR) is 36.2 cm³/mol. The number of hydrogen-bond donors (Lipinski definition) is 1. The molecule has 1 N–H and O–H groups in total. The SMILES string of the molecule is COC1N=C(C)C=CN1. The van der Waals surface area contributed by atoms with Gasteiger partial charge in [-0.3, -0.25) is 0 Å². The van der Waals surface area contributed by atoms with Crippen molar-refractivity contribution < 1.29 is 4.74 Å². The Morgan fingerprint density at radius 2 is 2.56 bits per heavy atom. The van der Waals surface area contributed by atoms with Crippen molar-refractivity contribution in [1.82, 2.24) is 5.32 Å². The molecular weight excluding hydrogens is 116 g/mol. The number of nitrogens with one attached hydrogen (secondary N) is 1. The fraction of sp³-hybridized carbons (Fsp3) is 0.500. The van der Waals surface area contributed by atoms with Crippen LogP contribution in [0.4, 0.5) is 0 Å². The van der Waals surface area contributed by atoms with E-state index in [2.05, 4.69) is 10.3 Å². The molecule has 1 heterocycles. The maximum atomic E-state index is 4.91. The number of nitrogens with zero attached hydrogens (tertiary/aromatic N) is 1. The van der Waals surface area contributed by atoms with Gasteiger partial charge in [0.1, 0.15) is 0 Å². The smallest absolute Gasteiger partial charge is 0.225 e. The van der Waals surface area contributed by atoms with Crippen molar-refractivity contribution in [2.24, 2.45) is 4.99 Å². The van der Waals surface area contributed by atoms with Gasteiger partial charge < -0.3 is 10.1 Å². The Labute approximate surface area is 54.4 Å². The largest absolute Gasteiger partial charge is 0.348 e. The van der Waals surface area contributed by atoms with Crippen LogP contribution in [0.1, 0.15) is 6.92 Å². The molecule has 0 aliphatic carbocycles. The fourth-order valence-corrected chi connectivity index (χ4v) is 0.637. The van der Waals surface area contributed by atoms with Gasteiger partial charge in [-0.15, -0.1) is 0 Å². The normalized spacial score (nSPS) is 25.1. The average Bonchev–Trinajstić information content (AvgIpc) is 1.88. The topological polar surface area (TPSA) is 33.6 Å². The van der Waals surface area contributed by atoms with Crippen LogP contribution in [0, 0.1) is 0 Å². The number of allylic oxidation sites excluding steroid dienone is 1. The molecular formula is C6H10N2O. The summed E-state index contributed by atoms with van der Waals surface area (Å²) in [6, 6.07) is 0. The van der Waals surface area contributed by atoms with E-state index in [4.69, 9.17) is 4.74 Å². The Hall–Kier alpha value is -0.830. The summed E-state index contributed by atoms with van der Waals surface area (Å²) in [5, 5.41) is 2.91. The van der Waals surface area contributed by atoms with Crippen molar-refractivity contribution in [2.45, 2.75) is 13.3 Å². The molecule has 0 aromatic carbocycles. The molecule has 3 heteroatoms. The molecule has 0 spiro atoms. The van der Waals surface area contributed by atoms with E-state index < -0.39 is 0 Å². The summed E-state index contributed by atoms with van der Waals surface area (Å²) in [5.41, 5.74) is 0.987. The molecule has 1 atom stereocenters. The second-order valence-electron chi connectivity index (χ2n) is 1.86. The number of methoxy groups -OCH3 is 1. The lowest BCUT2D eigenvalue weighted by atomic mass is 10.4. The van der Waals surface area contributed by atoms with Gasteiger partial charge in [-0.2, -0.15) is 0 Å². The van der Waals surface area contributed by atoms with E-state index in [0.29, 0.717) is 0 Å². The third-order valence-corrected chi connectivity index (χ3v) is 1.11. The first-order chi connectivity index (χ1) is 4.33. The van der Waals surface area contributed by atoms with Gasteiger partial charge in [0.05, 0.1) is 0 Å². The Kier molecular flexibility index (Phi) is 1.85. The lowest BCUT2D eigenvalue weighted by Crippen LogP contribution is -2.27. The number of ether oxygens (including phenoxy) is 1. The van der Waals surface area contributed by atoms with Crippen molar-refractivity contribution in [3.8, 4) is 0 Å². The second-order valence-corrected chi connectivity index (χ2v) is 1.86. The molecule has 1 unspecified atom stereocenters. The van der Waals surface area contributed by atoms with Gasteiger partial charge in [-0.25, -0.2) is 4.99 Å². The van der Waals surface area contributed by atoms with E-state index in [1.165, 1.54) is 0 Å². The van der Waals surface area contributed by atoms with Gasteiger partial charge in [0.2, 0.25) is 6.35 Å². The Morgan fingerprint density at radius 3 is 3.00 bits per heavy atom. The average molecular weight is 126 g/mol. The van der Waals surface area contributed by atoms with E-state index in [0.717, 1.165) is 5.71 Å². The van der Waals surface area contributed by atoms with Crippen molar-refractivity contribution in [2.75, 3.05) is 7.11 Å². The van der Waals surface area contributed by atoms with E-state index in [-0.39, 0.29) is 6.35 Å². The number of rotatable bonds is 1. The van der Waals surface area contributed by atoms with Crippen LogP contribution in [-0.2, 0) is 4.74 Å². The van der Waals surface area contributed by atoms with Gasteiger partial charge in [0.25, 0.3) is 0 Å². The van der Waals surface area contributed by atoms with E-state index in [1.807, 2.05) is 19.2 Å². The predicted octanol–water partition coefficient (Wildman–Crippen LogP) is 0.494. The highest BCUT2D eigenvalue weighted by atomic mass is 16.5. The first-order valence-electron chi connectivity index (χ1n) is 2.83. The molecule has 0 radical (unpaired) electrons. The van der Waals surface area contributed by atoms with Gasteiger partial charge >= 0.3 is 0 Å². The monoisotopic (exact) mass is 126 g/mol. The number of hydrogen-bond acceptors (Lipinski definition) is 3. The standard InChI is InChI=1S/C6H10N2O/c1-5-3-4-7-6(8-5)9-2/h3-4,6-7H,1-2H3. The lowest BCUT2D eigenvalue weighted by Gasteiger charge is -2.14. The van der Waals surface area contributed by atoms with Crippen LogP contribution in [0.2, 0.25) is 0 Å². The van der Waals surface area contributed by atoms with Crippen LogP contribution in [-0.4, -0.2) is 19.2 Å². The maximum Gasteiger partial charge on any atom is 0.225 e. The van der Waals surface area contributed by atoms with Crippen molar-refractivity contribution in [1.29, 1.82) is 0 Å². The van der Waals surface area contributed by atoms with Gasteiger partial charge in [0.15, 0.2) is 0 Å². The molecule has 3 nitrogen and oxygen atoms in total. The molecule has 0 saturated heterocycles. The zero-order valence-corrected chi connectivity index (χ0v) is 5.59. The molecule has 0 amide bonds. The summed E-state index contributed by atoms with van der Waals surface area (Å²) in [6.45, 7) is 1.93. The van der Waals surface area contributed by atoms with E-state index in [1.54, 1.807) is 7.11 Å². The summed E-state index contributed by atoms with van der Waals surface area (Å²) in [6.07, 6.45) is 3.54. The zero-order valence-electron chi connectivity index (χ0n) is 5.59. The molecule has 1 rings (SSSR count). The molecule has 0 aromatic heterocycles. The van der Waals surface area contributed by atoms with Crippen molar-refractivity contribution in [3.05, 3.63) is 12.3 Å². The highest BCUT2D eigenvalue weighted by molar-refractivity contribution is 5.93. The molecule has 0 aromatic rings. The highest BCUT2D eigenvalue weighted by Crippen LogP contribution is 1.94. The first-order valence-corrected chi connectivity index (χ1v) is 2.83. The molecule has 9 heavy (non-hydrogen) atoms. The van der Waals surface area contributed by atoms with Gasteiger partial charge in [-0.1, -0.05) is 0 Å². The maximum absolute atomic E-state index is 4.91. The van der Waals surface area contributed by atoms with Gasteiger partial charge in [-0.05, 0) is 13.0 Å². The molecule has 0 saturated carbocycles. The molecule has 0 fully saturated rings. The first kappa shape index (κ1) is 6.29. The summed E-state index contributed by atoms with van der Waals surface area (Å²) < 4.78 is 4.91.